The van der Waals surface area contributed by atoms with Crippen LogP contribution < -0.4 is 0 Å². The topological polar surface area (TPSA) is 94.9 Å². The molecule has 4 heterocycles. The summed E-state index contributed by atoms with van der Waals surface area (Å²) in [5, 5.41) is 0. The third-order valence-electron chi connectivity index (χ3n) is 3.33. The Morgan fingerprint density at radius 3 is 1.54 bits per heavy atom. The molecule has 0 unspecified atom stereocenters. The van der Waals surface area contributed by atoms with Crippen LogP contribution in [0.5, 0.6) is 0 Å². The first-order valence-electron chi connectivity index (χ1n) is 7.08. The minimum absolute atomic E-state index is 0.0788. The van der Waals surface area contributed by atoms with Crippen LogP contribution in [0.25, 0.3) is 22.6 Å². The van der Waals surface area contributed by atoms with Gasteiger partial charge in [-0.3, -0.25) is 14.8 Å². The van der Waals surface area contributed by atoms with Crippen molar-refractivity contribution in [2.24, 2.45) is 0 Å². The minimum Gasteiger partial charge on any atom is -0.433 e. The molecule has 0 saturated heterocycles. The molecule has 0 atom stereocenters. The SMILES string of the molecule is O=C(c1ncc(-c2ccncc2)o1)c1ncc(-c2ccncc2)o1. The Morgan fingerprint density at radius 2 is 1.12 bits per heavy atom. The van der Waals surface area contributed by atoms with Gasteiger partial charge in [0.2, 0.25) is 0 Å². The zero-order chi connectivity index (χ0) is 16.4. The van der Waals surface area contributed by atoms with Gasteiger partial charge < -0.3 is 8.83 Å². The highest BCUT2D eigenvalue weighted by Gasteiger charge is 2.22. The Morgan fingerprint density at radius 1 is 0.708 bits per heavy atom. The van der Waals surface area contributed by atoms with Crippen LogP contribution in [-0.4, -0.2) is 25.7 Å². The number of aromatic nitrogens is 4. The summed E-state index contributed by atoms with van der Waals surface area (Å²) < 4.78 is 11.0. The summed E-state index contributed by atoms with van der Waals surface area (Å²) in [6.07, 6.45) is 9.50. The lowest BCUT2D eigenvalue weighted by molar-refractivity contribution is 0.0972. The smallest absolute Gasteiger partial charge is 0.302 e. The number of nitrogens with zero attached hydrogens (tertiary/aromatic N) is 4. The van der Waals surface area contributed by atoms with Crippen molar-refractivity contribution in [3.8, 4) is 22.6 Å². The molecule has 0 bridgehead atoms. The molecule has 0 saturated carbocycles. The molecule has 116 valence electrons. The molecule has 0 aliphatic rings. The number of carbonyl (C=O) groups is 1. The van der Waals surface area contributed by atoms with Crippen molar-refractivity contribution in [1.82, 2.24) is 19.9 Å². The average Bonchev–Trinajstić information content (AvgIpc) is 3.33. The number of carbonyl (C=O) groups excluding carboxylic acids is 1. The molecule has 7 nitrogen and oxygen atoms in total. The summed E-state index contributed by atoms with van der Waals surface area (Å²) in [6, 6.07) is 7.06. The molecule has 0 aromatic carbocycles. The fourth-order valence-corrected chi connectivity index (χ4v) is 2.15. The summed E-state index contributed by atoms with van der Waals surface area (Å²) in [6.45, 7) is 0. The van der Waals surface area contributed by atoms with Crippen LogP contribution in [0.15, 0.2) is 70.3 Å². The van der Waals surface area contributed by atoms with E-state index in [0.29, 0.717) is 11.5 Å². The molecule has 0 N–H and O–H groups in total. The summed E-state index contributed by atoms with van der Waals surface area (Å²) in [4.78, 5) is 28.3. The highest BCUT2D eigenvalue weighted by atomic mass is 16.4. The van der Waals surface area contributed by atoms with E-state index in [4.69, 9.17) is 8.83 Å². The van der Waals surface area contributed by atoms with Crippen molar-refractivity contribution in [2.45, 2.75) is 0 Å². The summed E-state index contributed by atoms with van der Waals surface area (Å²) in [5.41, 5.74) is 1.56. The Bertz CT molecular complexity index is 898. The lowest BCUT2D eigenvalue weighted by Crippen LogP contribution is -2.01. The largest absolute Gasteiger partial charge is 0.433 e. The fraction of sp³-hybridized carbons (Fsp3) is 0. The number of rotatable bonds is 4. The van der Waals surface area contributed by atoms with E-state index in [1.807, 2.05) is 0 Å². The van der Waals surface area contributed by atoms with Crippen LogP contribution >= 0.6 is 0 Å². The number of ketones is 1. The van der Waals surface area contributed by atoms with Crippen LogP contribution in [0.3, 0.4) is 0 Å². The third kappa shape index (κ3) is 2.58. The zero-order valence-electron chi connectivity index (χ0n) is 12.3. The third-order valence-corrected chi connectivity index (χ3v) is 3.33. The molecular weight excluding hydrogens is 308 g/mol. The molecular formula is C17H10N4O3. The van der Waals surface area contributed by atoms with Gasteiger partial charge in [-0.1, -0.05) is 0 Å². The second kappa shape index (κ2) is 5.88. The first-order chi connectivity index (χ1) is 11.8. The fourth-order valence-electron chi connectivity index (χ4n) is 2.15. The first kappa shape index (κ1) is 14.0. The molecule has 0 aliphatic carbocycles. The molecule has 7 heteroatoms. The van der Waals surface area contributed by atoms with Gasteiger partial charge in [-0.2, -0.15) is 0 Å². The van der Waals surface area contributed by atoms with Crippen molar-refractivity contribution >= 4 is 5.78 Å². The van der Waals surface area contributed by atoms with Gasteiger partial charge in [0.25, 0.3) is 11.8 Å². The Balaban J connectivity index is 1.61. The minimum atomic E-state index is -0.518. The first-order valence-corrected chi connectivity index (χ1v) is 7.08. The molecule has 0 amide bonds. The molecule has 24 heavy (non-hydrogen) atoms. The Labute approximate surface area is 136 Å². The van der Waals surface area contributed by atoms with Crippen molar-refractivity contribution in [2.75, 3.05) is 0 Å². The summed E-state index contributed by atoms with van der Waals surface area (Å²) in [7, 11) is 0. The van der Waals surface area contributed by atoms with Gasteiger partial charge in [-0.25, -0.2) is 9.97 Å². The predicted octanol–water partition coefficient (Wildman–Crippen LogP) is 3.02. The van der Waals surface area contributed by atoms with Crippen LogP contribution in [-0.2, 0) is 0 Å². The van der Waals surface area contributed by atoms with E-state index >= 15 is 0 Å². The van der Waals surface area contributed by atoms with Crippen LogP contribution in [0.2, 0.25) is 0 Å². The normalized spacial score (nSPS) is 10.7. The molecule has 0 radical (unpaired) electrons. The van der Waals surface area contributed by atoms with Crippen LogP contribution in [0, 0.1) is 0 Å². The van der Waals surface area contributed by atoms with Crippen LogP contribution in [0.4, 0.5) is 0 Å². The van der Waals surface area contributed by atoms with Gasteiger partial charge in [0, 0.05) is 35.9 Å². The monoisotopic (exact) mass is 318 g/mol. The average molecular weight is 318 g/mol. The number of pyridine rings is 2. The van der Waals surface area contributed by atoms with Crippen LogP contribution in [0.1, 0.15) is 16.6 Å². The van der Waals surface area contributed by atoms with E-state index < -0.39 is 5.78 Å². The van der Waals surface area contributed by atoms with E-state index in [1.165, 1.54) is 12.4 Å². The van der Waals surface area contributed by atoms with Gasteiger partial charge in [-0.05, 0) is 24.3 Å². The lowest BCUT2D eigenvalue weighted by Gasteiger charge is -1.94. The van der Waals surface area contributed by atoms with E-state index in [1.54, 1.807) is 49.1 Å². The Hall–Kier alpha value is -3.61. The predicted molar refractivity (Wildman–Crippen MR) is 82.9 cm³/mol. The maximum atomic E-state index is 12.4. The standard InChI is InChI=1S/C17H10N4O3/c22-15(16-20-9-13(23-16)11-1-5-18-6-2-11)17-21-10-14(24-17)12-3-7-19-8-4-12/h1-10H. The van der Waals surface area contributed by atoms with Crippen molar-refractivity contribution < 1.29 is 13.6 Å². The van der Waals surface area contributed by atoms with Crippen molar-refractivity contribution in [3.63, 3.8) is 0 Å². The number of hydrogen-bond donors (Lipinski definition) is 0. The highest BCUT2D eigenvalue weighted by Crippen LogP contribution is 2.23. The van der Waals surface area contributed by atoms with Gasteiger partial charge in [-0.15, -0.1) is 0 Å². The Kier molecular flexibility index (Phi) is 3.43. The van der Waals surface area contributed by atoms with Gasteiger partial charge >= 0.3 is 5.78 Å². The maximum Gasteiger partial charge on any atom is 0.302 e. The molecule has 0 fully saturated rings. The van der Waals surface area contributed by atoms with E-state index in [9.17, 15) is 4.79 Å². The summed E-state index contributed by atoms with van der Waals surface area (Å²) >= 11 is 0. The molecule has 0 spiro atoms. The maximum absolute atomic E-state index is 12.4. The van der Waals surface area contributed by atoms with Crippen molar-refractivity contribution in [1.29, 1.82) is 0 Å². The molecule has 4 aromatic rings. The summed E-state index contributed by atoms with van der Waals surface area (Å²) in [5.74, 6) is 0.272. The zero-order valence-corrected chi connectivity index (χ0v) is 12.3. The van der Waals surface area contributed by atoms with Gasteiger partial charge in [0.1, 0.15) is 0 Å². The van der Waals surface area contributed by atoms with E-state index in [0.717, 1.165) is 11.1 Å². The second-order valence-electron chi connectivity index (χ2n) is 4.86. The molecule has 4 rings (SSSR count). The lowest BCUT2D eigenvalue weighted by atomic mass is 10.2. The number of hydrogen-bond acceptors (Lipinski definition) is 7. The van der Waals surface area contributed by atoms with E-state index in [2.05, 4.69) is 19.9 Å². The molecule has 4 aromatic heterocycles. The second-order valence-corrected chi connectivity index (χ2v) is 4.86. The van der Waals surface area contributed by atoms with Crippen molar-refractivity contribution in [3.05, 3.63) is 73.2 Å². The molecule has 0 aliphatic heterocycles. The highest BCUT2D eigenvalue weighted by molar-refractivity contribution is 6.02. The van der Waals surface area contributed by atoms with Gasteiger partial charge in [0.15, 0.2) is 11.5 Å². The van der Waals surface area contributed by atoms with Gasteiger partial charge in [0.05, 0.1) is 12.4 Å². The number of oxazole rings is 2. The van der Waals surface area contributed by atoms with E-state index in [-0.39, 0.29) is 11.8 Å². The quantitative estimate of drug-likeness (QED) is 0.534.